The van der Waals surface area contributed by atoms with Gasteiger partial charge >= 0.3 is 0 Å². The van der Waals surface area contributed by atoms with E-state index in [4.69, 9.17) is 0 Å². The van der Waals surface area contributed by atoms with Gasteiger partial charge in [-0.2, -0.15) is 4.98 Å². The average molecular weight is 338 g/mol. The summed E-state index contributed by atoms with van der Waals surface area (Å²) in [6.07, 6.45) is 0. The first-order chi connectivity index (χ1) is 11.5. The first-order valence-corrected chi connectivity index (χ1v) is 8.21. The number of hydrogen-bond acceptors (Lipinski definition) is 6. The van der Waals surface area contributed by atoms with Gasteiger partial charge in [-0.25, -0.2) is 14.5 Å². The van der Waals surface area contributed by atoms with Crippen LogP contribution in [0.1, 0.15) is 27.6 Å². The maximum Gasteiger partial charge on any atom is 0.297 e. The number of nitrogens with one attached hydrogen (secondary N) is 1. The normalized spacial score (nSPS) is 11.3. The first kappa shape index (κ1) is 14.7. The van der Waals surface area contributed by atoms with Gasteiger partial charge in [0.25, 0.3) is 11.7 Å². The summed E-state index contributed by atoms with van der Waals surface area (Å²) in [5, 5.41) is 7.53. The molecular weight excluding hydrogens is 324 g/mol. The standard InChI is InChI=1S/C16H14N6OS/c1-8-5-4-6-11-12(8)18-16(24-11)20-14(23)13-19-15-17-9(2)7-10(3)22(15)21-13/h4-7H,1-3H3,(H,18,20,23). The molecule has 24 heavy (non-hydrogen) atoms. The molecule has 1 amide bonds. The first-order valence-electron chi connectivity index (χ1n) is 7.40. The van der Waals surface area contributed by atoms with E-state index in [1.54, 1.807) is 4.52 Å². The average Bonchev–Trinajstić information content (AvgIpc) is 3.11. The predicted molar refractivity (Wildman–Crippen MR) is 92.6 cm³/mol. The van der Waals surface area contributed by atoms with Crippen molar-refractivity contribution < 1.29 is 4.79 Å². The van der Waals surface area contributed by atoms with Crippen LogP contribution in [0.4, 0.5) is 5.13 Å². The topological polar surface area (TPSA) is 85.1 Å². The van der Waals surface area contributed by atoms with Crippen molar-refractivity contribution in [1.82, 2.24) is 24.6 Å². The van der Waals surface area contributed by atoms with Crippen molar-refractivity contribution in [2.75, 3.05) is 5.32 Å². The molecule has 1 aromatic carbocycles. The predicted octanol–water partition coefficient (Wildman–Crippen LogP) is 2.91. The van der Waals surface area contributed by atoms with E-state index in [2.05, 4.69) is 25.4 Å². The van der Waals surface area contributed by atoms with Gasteiger partial charge in [-0.3, -0.25) is 10.1 Å². The number of fused-ring (bicyclic) bond motifs is 2. The molecule has 120 valence electrons. The third-order valence-corrected chi connectivity index (χ3v) is 4.60. The van der Waals surface area contributed by atoms with Gasteiger partial charge in [0.2, 0.25) is 5.82 Å². The Hall–Kier alpha value is -2.87. The van der Waals surface area contributed by atoms with E-state index >= 15 is 0 Å². The highest BCUT2D eigenvalue weighted by molar-refractivity contribution is 7.22. The smallest absolute Gasteiger partial charge is 0.295 e. The molecule has 0 aliphatic heterocycles. The number of carbonyl (C=O) groups excluding carboxylic acids is 1. The molecule has 0 saturated carbocycles. The molecule has 0 saturated heterocycles. The van der Waals surface area contributed by atoms with Crippen LogP contribution in [0, 0.1) is 20.8 Å². The molecule has 0 spiro atoms. The Morgan fingerprint density at radius 3 is 2.79 bits per heavy atom. The van der Waals surface area contributed by atoms with Crippen LogP contribution >= 0.6 is 11.3 Å². The molecule has 0 radical (unpaired) electrons. The Morgan fingerprint density at radius 1 is 1.17 bits per heavy atom. The van der Waals surface area contributed by atoms with Crippen molar-refractivity contribution >= 4 is 38.4 Å². The fraction of sp³-hybridized carbons (Fsp3) is 0.188. The summed E-state index contributed by atoms with van der Waals surface area (Å²) in [5.41, 5.74) is 3.68. The van der Waals surface area contributed by atoms with Crippen molar-refractivity contribution in [3.8, 4) is 0 Å². The van der Waals surface area contributed by atoms with E-state index in [9.17, 15) is 4.79 Å². The summed E-state index contributed by atoms with van der Waals surface area (Å²) in [6, 6.07) is 7.84. The molecule has 0 atom stereocenters. The second-order valence-electron chi connectivity index (χ2n) is 5.58. The summed E-state index contributed by atoms with van der Waals surface area (Å²) in [5.74, 6) is 0.0965. The monoisotopic (exact) mass is 338 g/mol. The molecule has 0 bridgehead atoms. The molecule has 0 unspecified atom stereocenters. The lowest BCUT2D eigenvalue weighted by Crippen LogP contribution is -2.13. The highest BCUT2D eigenvalue weighted by atomic mass is 32.1. The largest absolute Gasteiger partial charge is 0.297 e. The summed E-state index contributed by atoms with van der Waals surface area (Å²) < 4.78 is 2.59. The van der Waals surface area contributed by atoms with Crippen molar-refractivity contribution in [3.63, 3.8) is 0 Å². The van der Waals surface area contributed by atoms with Gasteiger partial charge in [0, 0.05) is 11.4 Å². The van der Waals surface area contributed by atoms with E-state index in [1.807, 2.05) is 45.0 Å². The molecule has 7 nitrogen and oxygen atoms in total. The van der Waals surface area contributed by atoms with Gasteiger partial charge in [-0.1, -0.05) is 23.5 Å². The second-order valence-corrected chi connectivity index (χ2v) is 6.61. The van der Waals surface area contributed by atoms with Crippen LogP contribution < -0.4 is 5.32 Å². The number of carbonyl (C=O) groups is 1. The number of aromatic nitrogens is 5. The zero-order chi connectivity index (χ0) is 16.8. The van der Waals surface area contributed by atoms with Gasteiger partial charge in [-0.05, 0) is 38.5 Å². The second kappa shape index (κ2) is 5.34. The summed E-state index contributed by atoms with van der Waals surface area (Å²) >= 11 is 1.43. The fourth-order valence-corrected chi connectivity index (χ4v) is 3.49. The van der Waals surface area contributed by atoms with E-state index in [-0.39, 0.29) is 5.82 Å². The van der Waals surface area contributed by atoms with Gasteiger partial charge in [0.05, 0.1) is 10.2 Å². The summed E-state index contributed by atoms with van der Waals surface area (Å²) in [7, 11) is 0. The fourth-order valence-electron chi connectivity index (χ4n) is 2.56. The molecule has 0 aliphatic rings. The molecule has 1 N–H and O–H groups in total. The van der Waals surface area contributed by atoms with Crippen LogP contribution in [0.5, 0.6) is 0 Å². The Balaban J connectivity index is 1.68. The lowest BCUT2D eigenvalue weighted by Gasteiger charge is -1.97. The Kier molecular flexibility index (Phi) is 3.27. The number of para-hydroxylation sites is 1. The number of nitrogens with zero attached hydrogens (tertiary/aromatic N) is 5. The lowest BCUT2D eigenvalue weighted by molar-refractivity contribution is 0.101. The van der Waals surface area contributed by atoms with Crippen LogP contribution in [0.3, 0.4) is 0 Å². The summed E-state index contributed by atoms with van der Waals surface area (Å²) in [4.78, 5) is 25.4. The Bertz CT molecular complexity index is 1100. The molecule has 0 fully saturated rings. The Morgan fingerprint density at radius 2 is 2.00 bits per heavy atom. The third kappa shape index (κ3) is 2.41. The van der Waals surface area contributed by atoms with E-state index in [0.717, 1.165) is 27.2 Å². The van der Waals surface area contributed by atoms with Crippen LogP contribution in [0.25, 0.3) is 16.0 Å². The van der Waals surface area contributed by atoms with Gasteiger partial charge in [0.15, 0.2) is 5.13 Å². The van der Waals surface area contributed by atoms with Crippen molar-refractivity contribution in [2.45, 2.75) is 20.8 Å². The van der Waals surface area contributed by atoms with Gasteiger partial charge in [-0.15, -0.1) is 5.10 Å². The minimum absolute atomic E-state index is 0.0761. The SMILES string of the molecule is Cc1cc(C)n2nc(C(=O)Nc3nc4c(C)cccc4s3)nc2n1. The lowest BCUT2D eigenvalue weighted by atomic mass is 10.2. The van der Waals surface area contributed by atoms with Crippen molar-refractivity contribution in [1.29, 1.82) is 0 Å². The quantitative estimate of drug-likeness (QED) is 0.607. The minimum atomic E-state index is -0.394. The van der Waals surface area contributed by atoms with E-state index < -0.39 is 5.91 Å². The molecule has 4 aromatic rings. The van der Waals surface area contributed by atoms with Crippen LogP contribution in [0.2, 0.25) is 0 Å². The highest BCUT2D eigenvalue weighted by Crippen LogP contribution is 2.28. The molecule has 0 aliphatic carbocycles. The number of benzene rings is 1. The zero-order valence-electron chi connectivity index (χ0n) is 13.4. The van der Waals surface area contributed by atoms with Gasteiger partial charge < -0.3 is 0 Å². The minimum Gasteiger partial charge on any atom is -0.295 e. The molecule has 3 aromatic heterocycles. The number of thiazole rings is 1. The number of anilines is 1. The molecular formula is C16H14N6OS. The molecule has 3 heterocycles. The van der Waals surface area contributed by atoms with Crippen LogP contribution in [-0.4, -0.2) is 30.5 Å². The maximum absolute atomic E-state index is 12.4. The summed E-state index contributed by atoms with van der Waals surface area (Å²) in [6.45, 7) is 5.77. The molecule has 8 heteroatoms. The number of aryl methyl sites for hydroxylation is 3. The number of rotatable bonds is 2. The maximum atomic E-state index is 12.4. The van der Waals surface area contributed by atoms with Gasteiger partial charge in [0.1, 0.15) is 0 Å². The van der Waals surface area contributed by atoms with Crippen molar-refractivity contribution in [2.24, 2.45) is 0 Å². The van der Waals surface area contributed by atoms with Crippen LogP contribution in [-0.2, 0) is 0 Å². The zero-order valence-corrected chi connectivity index (χ0v) is 14.2. The van der Waals surface area contributed by atoms with E-state index in [1.165, 1.54) is 11.3 Å². The highest BCUT2D eigenvalue weighted by Gasteiger charge is 2.17. The molecule has 4 rings (SSSR count). The van der Waals surface area contributed by atoms with E-state index in [0.29, 0.717) is 10.9 Å². The number of amides is 1. The third-order valence-electron chi connectivity index (χ3n) is 3.66. The Labute approximate surface area is 141 Å². The number of hydrogen-bond donors (Lipinski definition) is 1. The van der Waals surface area contributed by atoms with Crippen molar-refractivity contribution in [3.05, 3.63) is 47.0 Å². The van der Waals surface area contributed by atoms with Crippen LogP contribution in [0.15, 0.2) is 24.3 Å².